The summed E-state index contributed by atoms with van der Waals surface area (Å²) in [5.41, 5.74) is 2.93. The highest BCUT2D eigenvalue weighted by Crippen LogP contribution is 2.33. The number of nitrogens with one attached hydrogen (secondary N) is 2. The molecular weight excluding hydrogens is 467 g/mol. The van der Waals surface area contributed by atoms with Crippen LogP contribution in [0.15, 0.2) is 47.5 Å². The van der Waals surface area contributed by atoms with Gasteiger partial charge in [-0.25, -0.2) is 4.39 Å². The summed E-state index contributed by atoms with van der Waals surface area (Å²) < 4.78 is 19.9. The highest BCUT2D eigenvalue weighted by Gasteiger charge is 2.23. The number of halogens is 1. The van der Waals surface area contributed by atoms with E-state index in [9.17, 15) is 14.3 Å². The maximum atomic E-state index is 14.5. The van der Waals surface area contributed by atoms with Crippen LogP contribution in [0.4, 0.5) is 10.1 Å². The van der Waals surface area contributed by atoms with Crippen molar-refractivity contribution < 1.29 is 19.0 Å². The molecule has 0 saturated carbocycles. The van der Waals surface area contributed by atoms with Crippen LogP contribution in [-0.4, -0.2) is 59.4 Å². The van der Waals surface area contributed by atoms with Crippen LogP contribution < -0.4 is 15.4 Å². The zero-order chi connectivity index (χ0) is 24.4. The molecular formula is C26H29FN4O3S. The number of carbonyl (C=O) groups is 1. The van der Waals surface area contributed by atoms with Gasteiger partial charge in [0.05, 0.1) is 30.2 Å². The molecule has 2 aliphatic rings. The number of likely N-dealkylation sites (tertiary alicyclic amines) is 1. The second-order valence-electron chi connectivity index (χ2n) is 9.03. The van der Waals surface area contributed by atoms with Crippen LogP contribution in [0.2, 0.25) is 0 Å². The van der Waals surface area contributed by atoms with Gasteiger partial charge in [-0.15, -0.1) is 11.8 Å². The first-order chi connectivity index (χ1) is 17.0. The van der Waals surface area contributed by atoms with Gasteiger partial charge in [0, 0.05) is 41.2 Å². The van der Waals surface area contributed by atoms with E-state index in [0.717, 1.165) is 53.0 Å². The number of hydrogen-bond donors (Lipinski definition) is 3. The third-order valence-electron chi connectivity index (χ3n) is 6.72. The van der Waals surface area contributed by atoms with Crippen molar-refractivity contribution in [2.45, 2.75) is 36.4 Å². The Hall–Kier alpha value is -2.72. The van der Waals surface area contributed by atoms with Gasteiger partial charge in [0.25, 0.3) is 0 Å². The molecule has 9 heteroatoms. The first-order valence-electron chi connectivity index (χ1n) is 11.8. The Morgan fingerprint density at radius 1 is 1.29 bits per heavy atom. The monoisotopic (exact) mass is 496 g/mol. The number of amides is 1. The van der Waals surface area contributed by atoms with E-state index in [-0.39, 0.29) is 17.8 Å². The molecule has 5 rings (SSSR count). The average Bonchev–Trinajstić information content (AvgIpc) is 2.87. The molecule has 0 bridgehead atoms. The number of anilines is 1. The van der Waals surface area contributed by atoms with Crippen molar-refractivity contribution >= 4 is 34.3 Å². The Morgan fingerprint density at radius 2 is 2.11 bits per heavy atom. The van der Waals surface area contributed by atoms with Gasteiger partial charge >= 0.3 is 0 Å². The van der Waals surface area contributed by atoms with E-state index in [1.165, 1.54) is 17.8 Å². The second-order valence-corrected chi connectivity index (χ2v) is 10.0. The van der Waals surface area contributed by atoms with E-state index in [4.69, 9.17) is 4.74 Å². The SMILES string of the molecule is COc1ccc2nccc(C(O)CN3CCC(NCc4cc5c(cc4F)SCC(=O)N5)CC3)c2c1. The molecule has 1 atom stereocenters. The van der Waals surface area contributed by atoms with Crippen LogP contribution in [0.1, 0.15) is 30.1 Å². The lowest BCUT2D eigenvalue weighted by Gasteiger charge is -2.34. The summed E-state index contributed by atoms with van der Waals surface area (Å²) in [5, 5.41) is 18.2. The van der Waals surface area contributed by atoms with Gasteiger partial charge in [-0.3, -0.25) is 9.78 Å². The summed E-state index contributed by atoms with van der Waals surface area (Å²) in [6.07, 6.45) is 2.93. The number of aromatic nitrogens is 1. The molecule has 3 N–H and O–H groups in total. The van der Waals surface area contributed by atoms with Crippen molar-refractivity contribution in [2.75, 3.05) is 37.8 Å². The molecule has 1 fully saturated rings. The lowest BCUT2D eigenvalue weighted by atomic mass is 10.0. The van der Waals surface area contributed by atoms with Gasteiger partial charge in [-0.1, -0.05) is 0 Å². The lowest BCUT2D eigenvalue weighted by molar-refractivity contribution is -0.113. The molecule has 0 aliphatic carbocycles. The quantitative estimate of drug-likeness (QED) is 0.460. The van der Waals surface area contributed by atoms with Crippen molar-refractivity contribution in [1.29, 1.82) is 0 Å². The highest BCUT2D eigenvalue weighted by atomic mass is 32.2. The van der Waals surface area contributed by atoms with Crippen molar-refractivity contribution in [3.8, 4) is 5.75 Å². The minimum Gasteiger partial charge on any atom is -0.497 e. The number of aliphatic hydroxyl groups excluding tert-OH is 1. The third kappa shape index (κ3) is 5.43. The highest BCUT2D eigenvalue weighted by molar-refractivity contribution is 8.00. The number of fused-ring (bicyclic) bond motifs is 2. The molecule has 35 heavy (non-hydrogen) atoms. The molecule has 0 radical (unpaired) electrons. The number of hydrogen-bond acceptors (Lipinski definition) is 7. The van der Waals surface area contributed by atoms with E-state index < -0.39 is 6.10 Å². The number of carbonyl (C=O) groups excluding carboxylic acids is 1. The van der Waals surface area contributed by atoms with Gasteiger partial charge in [0.2, 0.25) is 5.91 Å². The van der Waals surface area contributed by atoms with E-state index >= 15 is 0 Å². The van der Waals surface area contributed by atoms with Crippen LogP contribution in [0.3, 0.4) is 0 Å². The van der Waals surface area contributed by atoms with Gasteiger partial charge < -0.3 is 25.4 Å². The molecule has 1 amide bonds. The van der Waals surface area contributed by atoms with Crippen LogP contribution in [-0.2, 0) is 11.3 Å². The summed E-state index contributed by atoms with van der Waals surface area (Å²) in [5.74, 6) is 0.758. The number of thioether (sulfide) groups is 1. The van der Waals surface area contributed by atoms with Crippen LogP contribution in [0, 0.1) is 5.82 Å². The number of aliphatic hydroxyl groups is 1. The summed E-state index contributed by atoms with van der Waals surface area (Å²) in [6.45, 7) is 2.65. The maximum absolute atomic E-state index is 14.5. The smallest absolute Gasteiger partial charge is 0.234 e. The molecule has 1 saturated heterocycles. The summed E-state index contributed by atoms with van der Waals surface area (Å²) in [7, 11) is 1.63. The lowest BCUT2D eigenvalue weighted by Crippen LogP contribution is -2.43. The zero-order valence-corrected chi connectivity index (χ0v) is 20.4. The van der Waals surface area contributed by atoms with E-state index in [0.29, 0.717) is 30.1 Å². The third-order valence-corrected chi connectivity index (χ3v) is 7.78. The van der Waals surface area contributed by atoms with Gasteiger partial charge in [0.1, 0.15) is 11.6 Å². The fraction of sp³-hybridized carbons (Fsp3) is 0.385. The Bertz CT molecular complexity index is 1230. The number of β-amino-alcohol motifs (C(OH)–C–C–N with tert-alkyl or cyclic N) is 1. The predicted molar refractivity (Wildman–Crippen MR) is 135 cm³/mol. The second kappa shape index (κ2) is 10.5. The zero-order valence-electron chi connectivity index (χ0n) is 19.6. The first-order valence-corrected chi connectivity index (χ1v) is 12.8. The minimum absolute atomic E-state index is 0.0542. The van der Waals surface area contributed by atoms with Crippen molar-refractivity contribution in [3.63, 3.8) is 0 Å². The molecule has 184 valence electrons. The summed E-state index contributed by atoms with van der Waals surface area (Å²) in [6, 6.07) is 11.1. The Morgan fingerprint density at radius 3 is 2.91 bits per heavy atom. The van der Waals surface area contributed by atoms with E-state index in [2.05, 4.69) is 20.5 Å². The molecule has 1 unspecified atom stereocenters. The number of benzene rings is 2. The standard InChI is InChI=1S/C26H29FN4O3S/c1-34-18-2-3-22-20(11-18)19(4-7-28-22)24(32)14-31-8-5-17(6-9-31)29-13-16-10-23-25(12-21(16)27)35-15-26(33)30-23/h2-4,7,10-12,17,24,29,32H,5-6,8-9,13-15H2,1H3,(H,30,33). The predicted octanol–water partition coefficient (Wildman–Crippen LogP) is 3.71. The number of pyridine rings is 1. The maximum Gasteiger partial charge on any atom is 0.234 e. The minimum atomic E-state index is -0.630. The Kier molecular flexibility index (Phi) is 7.19. The number of rotatable bonds is 7. The van der Waals surface area contributed by atoms with Crippen molar-refractivity contribution in [2.24, 2.45) is 0 Å². The Labute approximate surface area is 208 Å². The summed E-state index contributed by atoms with van der Waals surface area (Å²) in [4.78, 5) is 19.1. The topological polar surface area (TPSA) is 86.7 Å². The van der Waals surface area contributed by atoms with Crippen molar-refractivity contribution in [3.05, 3.63) is 59.5 Å². The largest absolute Gasteiger partial charge is 0.497 e. The number of methoxy groups -OCH3 is 1. The van der Waals surface area contributed by atoms with Crippen molar-refractivity contribution in [1.82, 2.24) is 15.2 Å². The molecule has 1 aromatic heterocycles. The number of nitrogens with zero attached hydrogens (tertiary/aromatic N) is 2. The Balaban J connectivity index is 1.16. The van der Waals surface area contributed by atoms with Gasteiger partial charge in [0.15, 0.2) is 0 Å². The van der Waals surface area contributed by atoms with E-state index in [1.807, 2.05) is 24.3 Å². The molecule has 0 spiro atoms. The molecule has 2 aromatic carbocycles. The average molecular weight is 497 g/mol. The fourth-order valence-electron chi connectivity index (χ4n) is 4.76. The molecule has 7 nitrogen and oxygen atoms in total. The van der Waals surface area contributed by atoms with Crippen LogP contribution >= 0.6 is 11.8 Å². The van der Waals surface area contributed by atoms with Crippen LogP contribution in [0.5, 0.6) is 5.75 Å². The van der Waals surface area contributed by atoms with Gasteiger partial charge in [-0.05, 0) is 67.9 Å². The molecule has 3 heterocycles. The fourth-order valence-corrected chi connectivity index (χ4v) is 5.57. The number of ether oxygens (including phenoxy) is 1. The van der Waals surface area contributed by atoms with Crippen LogP contribution in [0.25, 0.3) is 10.9 Å². The normalized spacial score (nSPS) is 17.7. The molecule has 2 aliphatic heterocycles. The first kappa shape index (κ1) is 24.0. The van der Waals surface area contributed by atoms with E-state index in [1.54, 1.807) is 19.4 Å². The number of piperidine rings is 1. The molecule has 3 aromatic rings. The summed E-state index contributed by atoms with van der Waals surface area (Å²) >= 11 is 1.36. The van der Waals surface area contributed by atoms with Gasteiger partial charge in [-0.2, -0.15) is 0 Å².